The number of amidine groups is 1. The molecule has 0 saturated carbocycles. The maximum atomic E-state index is 13.0. The number of aryl methyl sites for hydroxylation is 2. The number of hydrogen-bond donors (Lipinski definition) is 0. The topological polar surface area (TPSA) is 73.8 Å². The van der Waals surface area contributed by atoms with E-state index in [2.05, 4.69) is 10.1 Å². The van der Waals surface area contributed by atoms with Gasteiger partial charge >= 0.3 is 12.0 Å². The molecule has 8 nitrogen and oxygen atoms in total. The number of fused-ring (bicyclic) bond motifs is 1. The Morgan fingerprint density at radius 1 is 1.10 bits per heavy atom. The van der Waals surface area contributed by atoms with E-state index < -0.39 is 6.04 Å². The van der Waals surface area contributed by atoms with Crippen molar-refractivity contribution in [1.82, 2.24) is 19.6 Å². The molecule has 0 bridgehead atoms. The first-order valence-corrected chi connectivity index (χ1v) is 9.41. The van der Waals surface area contributed by atoms with Gasteiger partial charge in [-0.05, 0) is 25.5 Å². The Morgan fingerprint density at radius 3 is 2.48 bits per heavy atom. The van der Waals surface area contributed by atoms with E-state index in [9.17, 15) is 9.59 Å². The minimum atomic E-state index is -0.665. The van der Waals surface area contributed by atoms with E-state index >= 15 is 0 Å². The lowest BCUT2D eigenvalue weighted by molar-refractivity contribution is -0.527. The Kier molecular flexibility index (Phi) is 4.62. The molecule has 3 amide bonds. The van der Waals surface area contributed by atoms with E-state index in [1.807, 2.05) is 67.0 Å². The van der Waals surface area contributed by atoms with Gasteiger partial charge in [0, 0.05) is 14.1 Å². The molecule has 2 aliphatic rings. The fourth-order valence-electron chi connectivity index (χ4n) is 3.64. The van der Waals surface area contributed by atoms with Gasteiger partial charge in [-0.25, -0.2) is 9.37 Å². The first kappa shape index (κ1) is 18.8. The molecule has 1 atom stereocenters. The summed E-state index contributed by atoms with van der Waals surface area (Å²) in [6.45, 7) is 4.30. The van der Waals surface area contributed by atoms with Gasteiger partial charge in [-0.15, -0.1) is 9.78 Å². The summed E-state index contributed by atoms with van der Waals surface area (Å²) in [6.07, 6.45) is 3.99. The molecule has 1 aromatic carbocycles. The molecule has 0 aliphatic carbocycles. The zero-order valence-corrected chi connectivity index (χ0v) is 16.9. The highest BCUT2D eigenvalue weighted by Crippen LogP contribution is 2.20. The molecule has 4 rings (SSSR count). The first-order valence-electron chi connectivity index (χ1n) is 9.41. The molecule has 0 radical (unpaired) electrons. The number of aromatic nitrogens is 2. The van der Waals surface area contributed by atoms with Gasteiger partial charge in [0.1, 0.15) is 5.69 Å². The summed E-state index contributed by atoms with van der Waals surface area (Å²) in [5.74, 6) is 0.668. The molecule has 29 heavy (non-hydrogen) atoms. The predicted molar refractivity (Wildman–Crippen MR) is 110 cm³/mol. The van der Waals surface area contributed by atoms with Crippen molar-refractivity contribution in [2.24, 2.45) is 4.99 Å². The number of nitrogens with zero attached hydrogens (tertiary/aromatic N) is 6. The van der Waals surface area contributed by atoms with Crippen LogP contribution < -0.4 is 0 Å². The lowest BCUT2D eigenvalue weighted by atomic mass is 10.1. The predicted octanol–water partition coefficient (Wildman–Crippen LogP) is 1.73. The molecular formula is C21H23N6O2+. The number of hydrogen-bond acceptors (Lipinski definition) is 4. The van der Waals surface area contributed by atoms with Crippen molar-refractivity contribution in [1.29, 1.82) is 0 Å². The Labute approximate surface area is 169 Å². The van der Waals surface area contributed by atoms with Crippen molar-refractivity contribution >= 4 is 29.8 Å². The van der Waals surface area contributed by atoms with E-state index in [1.165, 1.54) is 11.9 Å². The summed E-state index contributed by atoms with van der Waals surface area (Å²) in [7, 11) is 3.14. The Bertz CT molecular complexity index is 1080. The van der Waals surface area contributed by atoms with Crippen LogP contribution in [0.1, 0.15) is 17.0 Å². The average Bonchev–Trinajstić information content (AvgIpc) is 3.25. The van der Waals surface area contributed by atoms with Crippen LogP contribution in [0.3, 0.4) is 0 Å². The number of imide groups is 1. The molecule has 1 unspecified atom stereocenters. The van der Waals surface area contributed by atoms with E-state index in [1.54, 1.807) is 11.7 Å². The molecule has 0 spiro atoms. The lowest BCUT2D eigenvalue weighted by Gasteiger charge is -2.31. The maximum absolute atomic E-state index is 13.0. The minimum absolute atomic E-state index is 0.295. The molecule has 148 valence electrons. The van der Waals surface area contributed by atoms with E-state index in [0.29, 0.717) is 18.3 Å². The van der Waals surface area contributed by atoms with Crippen molar-refractivity contribution in [3.8, 4) is 0 Å². The molecule has 1 fully saturated rings. The summed E-state index contributed by atoms with van der Waals surface area (Å²) in [5, 5.41) is 4.53. The number of aliphatic imine (C=N–C) groups is 1. The number of benzene rings is 1. The second kappa shape index (κ2) is 7.12. The largest absolute Gasteiger partial charge is 0.421 e. The van der Waals surface area contributed by atoms with Gasteiger partial charge < -0.3 is 0 Å². The van der Waals surface area contributed by atoms with Gasteiger partial charge in [0.25, 0.3) is 5.91 Å². The van der Waals surface area contributed by atoms with Crippen LogP contribution in [0.15, 0.2) is 47.5 Å². The normalized spacial score (nSPS) is 19.4. The number of carbonyl (C=O) groups is 2. The molecule has 8 heteroatoms. The standard InChI is InChI=1S/C21H23N6O2/c1-14-13-15(2)27(23-14)20-22-18-17(19(28)25(4)21(29)24(18)3)26(20)12-8-11-16-9-6-5-7-10-16/h5-11,13,17H,12H2,1-4H3/q+1/b11-8+. The van der Waals surface area contributed by atoms with Crippen molar-refractivity contribution < 1.29 is 14.2 Å². The zero-order valence-electron chi connectivity index (χ0n) is 16.9. The molecule has 1 saturated heterocycles. The fraction of sp³-hybridized carbons (Fsp3) is 0.286. The molecule has 3 heterocycles. The third kappa shape index (κ3) is 3.16. The number of carbonyl (C=O) groups excluding carboxylic acids is 2. The molecule has 1 aromatic heterocycles. The quantitative estimate of drug-likeness (QED) is 0.748. The minimum Gasteiger partial charge on any atom is -0.270 e. The third-order valence-electron chi connectivity index (χ3n) is 5.12. The van der Waals surface area contributed by atoms with Crippen molar-refractivity contribution in [3.63, 3.8) is 0 Å². The van der Waals surface area contributed by atoms with Crippen LogP contribution in [0, 0.1) is 13.8 Å². The Balaban J connectivity index is 1.77. The second-order valence-corrected chi connectivity index (χ2v) is 7.22. The summed E-state index contributed by atoms with van der Waals surface area (Å²) < 4.78 is 3.61. The van der Waals surface area contributed by atoms with Gasteiger partial charge in [0.05, 0.1) is 12.2 Å². The van der Waals surface area contributed by atoms with E-state index in [4.69, 9.17) is 0 Å². The van der Waals surface area contributed by atoms with Crippen LogP contribution in [0.25, 0.3) is 6.08 Å². The van der Waals surface area contributed by atoms with Crippen LogP contribution >= 0.6 is 0 Å². The van der Waals surface area contributed by atoms with Gasteiger partial charge in [0.15, 0.2) is 0 Å². The van der Waals surface area contributed by atoms with Crippen LogP contribution in [0.4, 0.5) is 4.79 Å². The Morgan fingerprint density at radius 2 is 1.83 bits per heavy atom. The summed E-state index contributed by atoms with van der Waals surface area (Å²) in [6, 6.07) is 10.8. The summed E-state index contributed by atoms with van der Waals surface area (Å²) >= 11 is 0. The van der Waals surface area contributed by atoms with Crippen LogP contribution in [0.2, 0.25) is 0 Å². The highest BCUT2D eigenvalue weighted by molar-refractivity contribution is 6.22. The molecule has 0 N–H and O–H groups in total. The first-order chi connectivity index (χ1) is 13.9. The number of rotatable bonds is 3. The maximum Gasteiger partial charge on any atom is 0.421 e. The molecular weight excluding hydrogens is 368 g/mol. The highest BCUT2D eigenvalue weighted by Gasteiger charge is 2.51. The van der Waals surface area contributed by atoms with Gasteiger partial charge in [0.2, 0.25) is 11.9 Å². The fourth-order valence-corrected chi connectivity index (χ4v) is 3.64. The lowest BCUT2D eigenvalue weighted by Crippen LogP contribution is -2.61. The van der Waals surface area contributed by atoms with Crippen LogP contribution in [-0.2, 0) is 4.79 Å². The smallest absolute Gasteiger partial charge is 0.270 e. The second-order valence-electron chi connectivity index (χ2n) is 7.22. The van der Waals surface area contributed by atoms with Crippen molar-refractivity contribution in [3.05, 3.63) is 59.4 Å². The highest BCUT2D eigenvalue weighted by atomic mass is 16.2. The number of urea groups is 1. The van der Waals surface area contributed by atoms with Crippen molar-refractivity contribution in [2.45, 2.75) is 19.9 Å². The number of amides is 3. The third-order valence-corrected chi connectivity index (χ3v) is 5.12. The van der Waals surface area contributed by atoms with E-state index in [0.717, 1.165) is 21.9 Å². The zero-order chi connectivity index (χ0) is 20.7. The van der Waals surface area contributed by atoms with E-state index in [-0.39, 0.29) is 11.9 Å². The van der Waals surface area contributed by atoms with Crippen molar-refractivity contribution in [2.75, 3.05) is 20.6 Å². The summed E-state index contributed by atoms with van der Waals surface area (Å²) in [5.41, 5.74) is 2.84. The summed E-state index contributed by atoms with van der Waals surface area (Å²) in [4.78, 5) is 32.6. The van der Waals surface area contributed by atoms with Crippen LogP contribution in [0.5, 0.6) is 0 Å². The van der Waals surface area contributed by atoms with Gasteiger partial charge in [-0.2, -0.15) is 0 Å². The van der Waals surface area contributed by atoms with Gasteiger partial charge in [-0.3, -0.25) is 14.6 Å². The SMILES string of the molecule is Cc1cc(C)n(C2=[N+](C/C=C/c3ccccc3)C3C(=O)N(C)C(=O)N(C)C3=N2)n1. The Hall–Kier alpha value is -3.55. The van der Waals surface area contributed by atoms with Gasteiger partial charge in [-0.1, -0.05) is 47.5 Å². The molecule has 2 aromatic rings. The molecule has 2 aliphatic heterocycles. The monoisotopic (exact) mass is 391 g/mol. The number of likely N-dealkylation sites (N-methyl/N-ethyl adjacent to an activating group) is 2. The average molecular weight is 391 g/mol. The van der Waals surface area contributed by atoms with Crippen LogP contribution in [-0.4, -0.2) is 74.6 Å².